The first-order valence-electron chi connectivity index (χ1n) is 13.1. The standard InChI is InChI=1S/C29H36N2O8/c1-19-37-18-26(33)28(38-19)27(34)25(32)17-30-12-5-13-36-23-10-8-22-15-24(11-9-21(22)14-23)39-29(35)31-16-20-6-3-2-4-7-20/h2-4,6-11,14-15,19,25-28,30,32-34H,5,12-13,16-18H2,1H3,(H,31,35)/t19-,25?,26-,27?,28-/m1/s1. The number of aliphatic hydroxyl groups excluding tert-OH is 3. The molecule has 1 saturated heterocycles. The molecule has 0 radical (unpaired) electrons. The lowest BCUT2D eigenvalue weighted by molar-refractivity contribution is -0.271. The maximum Gasteiger partial charge on any atom is 0.412 e. The molecule has 5 N–H and O–H groups in total. The maximum atomic E-state index is 12.1. The second-order valence-electron chi connectivity index (χ2n) is 9.43. The number of benzene rings is 3. The van der Waals surface area contributed by atoms with Gasteiger partial charge in [0.1, 0.15) is 29.8 Å². The lowest BCUT2D eigenvalue weighted by atomic mass is 10.0. The van der Waals surface area contributed by atoms with E-state index >= 15 is 0 Å². The van der Waals surface area contributed by atoms with Crippen molar-refractivity contribution >= 4 is 16.9 Å². The number of amides is 1. The molecule has 1 amide bonds. The number of carbonyl (C=O) groups excluding carboxylic acids is 1. The summed E-state index contributed by atoms with van der Waals surface area (Å²) in [5.74, 6) is 1.17. The van der Waals surface area contributed by atoms with Gasteiger partial charge in [-0.05, 0) is 60.5 Å². The molecule has 3 aromatic carbocycles. The van der Waals surface area contributed by atoms with Crippen LogP contribution < -0.4 is 20.1 Å². The number of aliphatic hydroxyl groups is 3. The molecule has 1 fully saturated rings. The van der Waals surface area contributed by atoms with Gasteiger partial charge in [0.15, 0.2) is 6.29 Å². The van der Waals surface area contributed by atoms with Crippen molar-refractivity contribution in [1.29, 1.82) is 0 Å². The van der Waals surface area contributed by atoms with Crippen LogP contribution in [0.2, 0.25) is 0 Å². The van der Waals surface area contributed by atoms with Crippen molar-refractivity contribution in [2.45, 2.75) is 50.6 Å². The van der Waals surface area contributed by atoms with Gasteiger partial charge in [0.25, 0.3) is 0 Å². The highest BCUT2D eigenvalue weighted by atomic mass is 16.7. The third-order valence-electron chi connectivity index (χ3n) is 6.35. The minimum Gasteiger partial charge on any atom is -0.494 e. The molecule has 5 atom stereocenters. The number of rotatable bonds is 12. The number of carbonyl (C=O) groups is 1. The first kappa shape index (κ1) is 28.8. The van der Waals surface area contributed by atoms with Crippen LogP contribution in [-0.4, -0.2) is 78.4 Å². The maximum absolute atomic E-state index is 12.1. The molecule has 210 valence electrons. The molecule has 0 bridgehead atoms. The van der Waals surface area contributed by atoms with E-state index in [-0.39, 0.29) is 13.2 Å². The normalized spacial score (nSPS) is 20.8. The lowest BCUT2D eigenvalue weighted by Crippen LogP contribution is -2.54. The van der Waals surface area contributed by atoms with Crippen molar-refractivity contribution in [3.8, 4) is 11.5 Å². The summed E-state index contributed by atoms with van der Waals surface area (Å²) < 4.78 is 21.8. The fourth-order valence-electron chi connectivity index (χ4n) is 4.23. The van der Waals surface area contributed by atoms with Crippen molar-refractivity contribution < 1.29 is 39.1 Å². The lowest BCUT2D eigenvalue weighted by Gasteiger charge is -2.36. The van der Waals surface area contributed by atoms with E-state index in [1.54, 1.807) is 19.1 Å². The molecule has 0 aromatic heterocycles. The van der Waals surface area contributed by atoms with E-state index in [0.29, 0.717) is 37.6 Å². The summed E-state index contributed by atoms with van der Waals surface area (Å²) in [6.07, 6.45) is -4.61. The Morgan fingerprint density at radius 1 is 1.05 bits per heavy atom. The minimum atomic E-state index is -1.23. The molecule has 0 saturated carbocycles. The van der Waals surface area contributed by atoms with Gasteiger partial charge in [-0.3, -0.25) is 0 Å². The molecule has 3 aromatic rings. The molecule has 1 aliphatic rings. The molecular weight excluding hydrogens is 504 g/mol. The van der Waals surface area contributed by atoms with E-state index < -0.39 is 36.8 Å². The number of ether oxygens (including phenoxy) is 4. The number of fused-ring (bicyclic) bond motifs is 1. The minimum absolute atomic E-state index is 0.0520. The molecule has 39 heavy (non-hydrogen) atoms. The Balaban J connectivity index is 1.15. The molecule has 2 unspecified atom stereocenters. The summed E-state index contributed by atoms with van der Waals surface area (Å²) in [6, 6.07) is 20.7. The first-order chi connectivity index (χ1) is 18.9. The van der Waals surface area contributed by atoms with Crippen molar-refractivity contribution in [1.82, 2.24) is 10.6 Å². The SMILES string of the molecule is C[C@@H]1OC[C@@H](O)[C@H](C(O)C(O)CNCCCOc2ccc3cc(OC(=O)NCc4ccccc4)ccc3c2)O1. The second-order valence-corrected chi connectivity index (χ2v) is 9.43. The zero-order chi connectivity index (χ0) is 27.6. The van der Waals surface area contributed by atoms with Gasteiger partial charge in [0.2, 0.25) is 0 Å². The Kier molecular flexibility index (Phi) is 10.5. The van der Waals surface area contributed by atoms with Gasteiger partial charge in [-0.1, -0.05) is 42.5 Å². The Hall–Kier alpha value is -3.25. The Labute approximate surface area is 227 Å². The van der Waals surface area contributed by atoms with E-state index in [1.165, 1.54) is 0 Å². The van der Waals surface area contributed by atoms with Crippen molar-refractivity contribution in [2.24, 2.45) is 0 Å². The molecular formula is C29H36N2O8. The number of hydrogen-bond donors (Lipinski definition) is 5. The summed E-state index contributed by atoms with van der Waals surface area (Å²) in [5.41, 5.74) is 0.990. The smallest absolute Gasteiger partial charge is 0.412 e. The number of nitrogens with one attached hydrogen (secondary N) is 2. The largest absolute Gasteiger partial charge is 0.494 e. The third kappa shape index (κ3) is 8.62. The average molecular weight is 541 g/mol. The summed E-state index contributed by atoms with van der Waals surface area (Å²) >= 11 is 0. The average Bonchev–Trinajstić information content (AvgIpc) is 2.95. The molecule has 4 rings (SSSR count). The Bertz CT molecular complexity index is 1190. The van der Waals surface area contributed by atoms with Crippen LogP contribution in [0.3, 0.4) is 0 Å². The Morgan fingerprint density at radius 2 is 1.77 bits per heavy atom. The van der Waals surface area contributed by atoms with Gasteiger partial charge in [0.05, 0.1) is 19.3 Å². The highest BCUT2D eigenvalue weighted by Gasteiger charge is 2.37. The van der Waals surface area contributed by atoms with Crippen molar-refractivity contribution in [2.75, 3.05) is 26.3 Å². The van der Waals surface area contributed by atoms with Crippen LogP contribution in [0.15, 0.2) is 66.7 Å². The van der Waals surface area contributed by atoms with Crippen LogP contribution in [0, 0.1) is 0 Å². The van der Waals surface area contributed by atoms with Gasteiger partial charge in [-0.25, -0.2) is 4.79 Å². The predicted molar refractivity (Wildman–Crippen MR) is 145 cm³/mol. The van der Waals surface area contributed by atoms with Gasteiger partial charge in [0, 0.05) is 13.1 Å². The van der Waals surface area contributed by atoms with Gasteiger partial charge in [-0.2, -0.15) is 0 Å². The molecule has 0 spiro atoms. The predicted octanol–water partition coefficient (Wildman–Crippen LogP) is 2.33. The van der Waals surface area contributed by atoms with E-state index in [4.69, 9.17) is 18.9 Å². The van der Waals surface area contributed by atoms with Crippen molar-refractivity contribution in [3.05, 3.63) is 72.3 Å². The van der Waals surface area contributed by atoms with Crippen LogP contribution >= 0.6 is 0 Å². The first-order valence-corrected chi connectivity index (χ1v) is 13.1. The second kappa shape index (κ2) is 14.2. The summed E-state index contributed by atoms with van der Waals surface area (Å²) in [7, 11) is 0. The van der Waals surface area contributed by atoms with Crippen LogP contribution in [0.1, 0.15) is 18.9 Å². The molecule has 1 aliphatic heterocycles. The topological polar surface area (TPSA) is 139 Å². The summed E-state index contributed by atoms with van der Waals surface area (Å²) in [6.45, 7) is 3.29. The fraction of sp³-hybridized carbons (Fsp3) is 0.414. The van der Waals surface area contributed by atoms with Gasteiger partial charge < -0.3 is 44.9 Å². The molecule has 1 heterocycles. The zero-order valence-corrected chi connectivity index (χ0v) is 21.9. The van der Waals surface area contributed by atoms with E-state index in [2.05, 4.69) is 10.6 Å². The summed E-state index contributed by atoms with van der Waals surface area (Å²) in [4.78, 5) is 12.1. The highest BCUT2D eigenvalue weighted by molar-refractivity contribution is 5.86. The van der Waals surface area contributed by atoms with E-state index in [0.717, 1.165) is 16.3 Å². The fourth-order valence-corrected chi connectivity index (χ4v) is 4.23. The van der Waals surface area contributed by atoms with Crippen LogP contribution in [0.4, 0.5) is 4.79 Å². The van der Waals surface area contributed by atoms with Crippen molar-refractivity contribution in [3.63, 3.8) is 0 Å². The molecule has 0 aliphatic carbocycles. The van der Waals surface area contributed by atoms with E-state index in [9.17, 15) is 20.1 Å². The molecule has 10 heteroatoms. The molecule has 10 nitrogen and oxygen atoms in total. The van der Waals surface area contributed by atoms with Crippen LogP contribution in [0.25, 0.3) is 10.8 Å². The quantitative estimate of drug-likeness (QED) is 0.219. The van der Waals surface area contributed by atoms with Gasteiger partial charge in [-0.15, -0.1) is 0 Å². The van der Waals surface area contributed by atoms with Gasteiger partial charge >= 0.3 is 6.09 Å². The van der Waals surface area contributed by atoms with Crippen LogP contribution in [0.5, 0.6) is 11.5 Å². The zero-order valence-electron chi connectivity index (χ0n) is 21.9. The van der Waals surface area contributed by atoms with E-state index in [1.807, 2.05) is 54.6 Å². The Morgan fingerprint density at radius 3 is 2.54 bits per heavy atom. The third-order valence-corrected chi connectivity index (χ3v) is 6.35. The summed E-state index contributed by atoms with van der Waals surface area (Å²) in [5, 5.41) is 38.2. The highest BCUT2D eigenvalue weighted by Crippen LogP contribution is 2.25. The van der Waals surface area contributed by atoms with Crippen LogP contribution in [-0.2, 0) is 16.0 Å². The number of hydrogen-bond acceptors (Lipinski definition) is 9. The monoisotopic (exact) mass is 540 g/mol.